The number of fused-ring (bicyclic) bond motifs is 3. The first-order chi connectivity index (χ1) is 9.78. The highest BCUT2D eigenvalue weighted by atomic mass is 16.1. The molecule has 0 spiro atoms. The zero-order valence-corrected chi connectivity index (χ0v) is 11.2. The molecule has 0 saturated carbocycles. The van der Waals surface area contributed by atoms with Gasteiger partial charge >= 0.3 is 0 Å². The minimum Gasteiger partial charge on any atom is -0.347 e. The summed E-state index contributed by atoms with van der Waals surface area (Å²) >= 11 is 0. The second-order valence-electron chi connectivity index (χ2n) is 5.79. The van der Waals surface area contributed by atoms with E-state index in [9.17, 15) is 4.79 Å². The van der Waals surface area contributed by atoms with Gasteiger partial charge in [-0.3, -0.25) is 9.20 Å². The Morgan fingerprint density at radius 1 is 1.35 bits per heavy atom. The fourth-order valence-electron chi connectivity index (χ4n) is 3.37. The van der Waals surface area contributed by atoms with Crippen LogP contribution in [-0.2, 0) is 0 Å². The lowest BCUT2D eigenvalue weighted by atomic mass is 9.97. The van der Waals surface area contributed by atoms with E-state index in [0.717, 1.165) is 24.5 Å². The number of piperidine rings is 1. The van der Waals surface area contributed by atoms with Crippen LogP contribution in [0.5, 0.6) is 0 Å². The van der Waals surface area contributed by atoms with Crippen molar-refractivity contribution in [3.05, 3.63) is 30.5 Å². The van der Waals surface area contributed by atoms with E-state index in [1.54, 1.807) is 23.0 Å². The molecule has 2 aliphatic heterocycles. The predicted octanol–water partition coefficient (Wildman–Crippen LogP) is 0.553. The minimum absolute atomic E-state index is 0.0944. The Morgan fingerprint density at radius 3 is 3.20 bits per heavy atom. The predicted molar refractivity (Wildman–Crippen MR) is 73.4 cm³/mol. The van der Waals surface area contributed by atoms with Crippen LogP contribution in [0.2, 0.25) is 0 Å². The van der Waals surface area contributed by atoms with Crippen molar-refractivity contribution >= 4 is 11.6 Å². The SMILES string of the molecule is O=C(N[C@@H]1C[C@H]2CCN(C2)C1)c1cc2nccn2cn1. The monoisotopic (exact) mass is 271 g/mol. The normalized spacial score (nSPS) is 28.7. The summed E-state index contributed by atoms with van der Waals surface area (Å²) in [5.41, 5.74) is 1.19. The zero-order chi connectivity index (χ0) is 13.5. The van der Waals surface area contributed by atoms with Gasteiger partial charge in [-0.2, -0.15) is 0 Å². The number of nitrogens with zero attached hydrogens (tertiary/aromatic N) is 4. The van der Waals surface area contributed by atoms with Crippen LogP contribution in [0, 0.1) is 5.92 Å². The lowest BCUT2D eigenvalue weighted by Gasteiger charge is -2.30. The van der Waals surface area contributed by atoms with Crippen LogP contribution >= 0.6 is 0 Å². The third-order valence-corrected chi connectivity index (χ3v) is 4.32. The highest BCUT2D eigenvalue weighted by Crippen LogP contribution is 2.26. The molecule has 1 amide bonds. The number of rotatable bonds is 2. The van der Waals surface area contributed by atoms with Crippen molar-refractivity contribution in [1.82, 2.24) is 24.6 Å². The van der Waals surface area contributed by atoms with E-state index in [1.807, 2.05) is 6.20 Å². The van der Waals surface area contributed by atoms with Gasteiger partial charge in [0.1, 0.15) is 17.7 Å². The van der Waals surface area contributed by atoms with Gasteiger partial charge in [0.2, 0.25) is 0 Å². The van der Waals surface area contributed by atoms with Crippen molar-refractivity contribution in [2.24, 2.45) is 5.92 Å². The number of carbonyl (C=O) groups excluding carboxylic acids is 1. The zero-order valence-electron chi connectivity index (χ0n) is 11.2. The van der Waals surface area contributed by atoms with E-state index >= 15 is 0 Å². The Kier molecular flexibility index (Phi) is 2.70. The number of imidazole rings is 1. The van der Waals surface area contributed by atoms with E-state index in [0.29, 0.717) is 5.69 Å². The van der Waals surface area contributed by atoms with E-state index in [2.05, 4.69) is 20.2 Å². The van der Waals surface area contributed by atoms with Gasteiger partial charge in [-0.25, -0.2) is 9.97 Å². The molecule has 4 rings (SSSR count). The third kappa shape index (κ3) is 2.06. The van der Waals surface area contributed by atoms with Crippen molar-refractivity contribution in [3.8, 4) is 0 Å². The Labute approximate surface area is 116 Å². The molecule has 20 heavy (non-hydrogen) atoms. The van der Waals surface area contributed by atoms with Crippen molar-refractivity contribution in [2.75, 3.05) is 19.6 Å². The van der Waals surface area contributed by atoms with Gasteiger partial charge < -0.3 is 10.2 Å². The number of aromatic nitrogens is 3. The molecule has 2 fully saturated rings. The van der Waals surface area contributed by atoms with Gasteiger partial charge in [0.15, 0.2) is 0 Å². The van der Waals surface area contributed by atoms with Gasteiger partial charge in [0, 0.05) is 37.6 Å². The minimum atomic E-state index is -0.0944. The van der Waals surface area contributed by atoms with Crippen LogP contribution in [0.15, 0.2) is 24.8 Å². The molecule has 3 atom stereocenters. The smallest absolute Gasteiger partial charge is 0.270 e. The Balaban J connectivity index is 1.49. The van der Waals surface area contributed by atoms with Gasteiger partial charge in [0.05, 0.1) is 0 Å². The Morgan fingerprint density at radius 2 is 2.30 bits per heavy atom. The van der Waals surface area contributed by atoms with Crippen molar-refractivity contribution in [1.29, 1.82) is 0 Å². The first-order valence-electron chi connectivity index (χ1n) is 7.10. The maximum atomic E-state index is 12.3. The van der Waals surface area contributed by atoms with Crippen molar-refractivity contribution in [2.45, 2.75) is 18.9 Å². The summed E-state index contributed by atoms with van der Waals surface area (Å²) in [6.07, 6.45) is 7.50. The average molecular weight is 271 g/mol. The largest absolute Gasteiger partial charge is 0.347 e. The molecule has 6 heteroatoms. The molecule has 2 aromatic heterocycles. The molecule has 2 aliphatic rings. The number of carbonyl (C=O) groups is 1. The lowest BCUT2D eigenvalue weighted by molar-refractivity contribution is 0.0904. The molecule has 104 valence electrons. The summed E-state index contributed by atoms with van der Waals surface area (Å²) in [4.78, 5) is 23.1. The summed E-state index contributed by atoms with van der Waals surface area (Å²) in [6, 6.07) is 1.98. The molecule has 0 aromatic carbocycles. The molecule has 1 unspecified atom stereocenters. The van der Waals surface area contributed by atoms with Gasteiger partial charge in [-0.15, -0.1) is 0 Å². The standard InChI is InChI=1S/C14H17N5O/c20-14(12-6-13-15-2-4-19(13)9-16-12)17-11-5-10-1-3-18(7-10)8-11/h2,4,6,9-11H,1,3,5,7-8H2,(H,17,20)/t10-,11-/m1/s1. The maximum Gasteiger partial charge on any atom is 0.270 e. The van der Waals surface area contributed by atoms with E-state index in [1.165, 1.54) is 19.5 Å². The van der Waals surface area contributed by atoms with Crippen LogP contribution in [0.3, 0.4) is 0 Å². The van der Waals surface area contributed by atoms with E-state index in [-0.39, 0.29) is 11.9 Å². The number of amides is 1. The van der Waals surface area contributed by atoms with Crippen LogP contribution in [0.25, 0.3) is 5.65 Å². The summed E-state index contributed by atoms with van der Waals surface area (Å²) in [5.74, 6) is 0.653. The van der Waals surface area contributed by atoms with Crippen LogP contribution in [0.4, 0.5) is 0 Å². The maximum absolute atomic E-state index is 12.3. The van der Waals surface area contributed by atoms with Crippen LogP contribution < -0.4 is 5.32 Å². The van der Waals surface area contributed by atoms with E-state index < -0.39 is 0 Å². The first-order valence-corrected chi connectivity index (χ1v) is 7.10. The number of hydrogen-bond acceptors (Lipinski definition) is 4. The molecule has 0 aliphatic carbocycles. The van der Waals surface area contributed by atoms with Gasteiger partial charge in [-0.05, 0) is 25.3 Å². The Bertz CT molecular complexity index is 640. The highest BCUT2D eigenvalue weighted by molar-refractivity contribution is 5.93. The topological polar surface area (TPSA) is 62.5 Å². The molecule has 2 saturated heterocycles. The number of hydrogen-bond donors (Lipinski definition) is 1. The summed E-state index contributed by atoms with van der Waals surface area (Å²) in [7, 11) is 0. The van der Waals surface area contributed by atoms with Gasteiger partial charge in [0.25, 0.3) is 5.91 Å². The third-order valence-electron chi connectivity index (χ3n) is 4.32. The first kappa shape index (κ1) is 11.8. The summed E-state index contributed by atoms with van der Waals surface area (Å²) in [5, 5.41) is 3.11. The van der Waals surface area contributed by atoms with Crippen molar-refractivity contribution < 1.29 is 4.79 Å². The molecular formula is C14H17N5O. The second-order valence-corrected chi connectivity index (χ2v) is 5.79. The molecular weight excluding hydrogens is 254 g/mol. The lowest BCUT2D eigenvalue weighted by Crippen LogP contribution is -2.47. The summed E-state index contributed by atoms with van der Waals surface area (Å²) < 4.78 is 1.79. The summed E-state index contributed by atoms with van der Waals surface area (Å²) in [6.45, 7) is 3.34. The van der Waals surface area contributed by atoms with Crippen molar-refractivity contribution in [3.63, 3.8) is 0 Å². The molecule has 0 radical (unpaired) electrons. The van der Waals surface area contributed by atoms with Crippen LogP contribution in [-0.4, -0.2) is 50.9 Å². The molecule has 1 N–H and O–H groups in total. The Hall–Kier alpha value is -1.95. The van der Waals surface area contributed by atoms with Gasteiger partial charge in [-0.1, -0.05) is 0 Å². The van der Waals surface area contributed by atoms with Crippen LogP contribution in [0.1, 0.15) is 23.3 Å². The van der Waals surface area contributed by atoms with E-state index in [4.69, 9.17) is 0 Å². The number of nitrogens with one attached hydrogen (secondary N) is 1. The molecule has 4 heterocycles. The molecule has 2 aromatic rings. The fourth-order valence-corrected chi connectivity index (χ4v) is 3.37. The quantitative estimate of drug-likeness (QED) is 0.866. The fraction of sp³-hybridized carbons (Fsp3) is 0.500. The second kappa shape index (κ2) is 4.56. The molecule has 6 nitrogen and oxygen atoms in total. The average Bonchev–Trinajstić information content (AvgIpc) is 3.04. The highest BCUT2D eigenvalue weighted by Gasteiger charge is 2.33. The molecule has 2 bridgehead atoms.